The summed E-state index contributed by atoms with van der Waals surface area (Å²) in [4.78, 5) is 28.2. The van der Waals surface area contributed by atoms with Gasteiger partial charge in [0.15, 0.2) is 0 Å². The maximum Gasteiger partial charge on any atom is 0.317 e. The topological polar surface area (TPSA) is 144 Å². The summed E-state index contributed by atoms with van der Waals surface area (Å²) < 4.78 is 8.56. The van der Waals surface area contributed by atoms with E-state index in [0.717, 1.165) is 37.7 Å². The first-order chi connectivity index (χ1) is 20.4. The number of hydrogen-bond acceptors (Lipinski definition) is 8. The van der Waals surface area contributed by atoms with Crippen molar-refractivity contribution in [3.8, 4) is 16.9 Å². The number of carbonyl (C=O) groups excluding carboxylic acids is 1. The molecule has 0 fully saturated rings. The number of nitrogens with zero attached hydrogens (tertiary/aromatic N) is 2. The number of aromatic nitrogens is 2. The molecule has 5 aromatic rings. The third kappa shape index (κ3) is 6.13. The van der Waals surface area contributed by atoms with Gasteiger partial charge in [0.2, 0.25) is 0 Å². The van der Waals surface area contributed by atoms with Crippen LogP contribution in [0.25, 0.3) is 38.2 Å². The van der Waals surface area contributed by atoms with Gasteiger partial charge < -0.3 is 36.1 Å². The Bertz CT molecular complexity index is 1790. The standard InChI is InChI=1S/C31H32N6O4S/c1-37-24-8-4-3-6-20(24)14-25(37)31(40)36-23-10-9-19(15-26(23)41-2)22-18-42-29-21(16-35-30(32)28(22)29)7-5-11-33-12-13-34-17-27(38)39/h3-10,14-16,18,33-34H,11-13,17H2,1-2H3,(H2,32,35)(H,36,40)(H,38,39)/b7-5+. The Morgan fingerprint density at radius 1 is 1.14 bits per heavy atom. The molecule has 2 aromatic carbocycles. The molecule has 11 heteroatoms. The van der Waals surface area contributed by atoms with Crippen molar-refractivity contribution >= 4 is 61.8 Å². The number of thiophene rings is 1. The number of hydrogen-bond donors (Lipinski definition) is 5. The fourth-order valence-electron chi connectivity index (χ4n) is 4.82. The van der Waals surface area contributed by atoms with E-state index in [1.165, 1.54) is 0 Å². The van der Waals surface area contributed by atoms with Gasteiger partial charge in [-0.1, -0.05) is 36.4 Å². The second-order valence-electron chi connectivity index (χ2n) is 9.65. The zero-order valence-electron chi connectivity index (χ0n) is 23.3. The number of ether oxygens (including phenoxy) is 1. The van der Waals surface area contributed by atoms with Gasteiger partial charge in [-0.05, 0) is 35.2 Å². The molecule has 0 bridgehead atoms. The second kappa shape index (κ2) is 12.9. The molecule has 10 nitrogen and oxygen atoms in total. The van der Waals surface area contributed by atoms with Crippen LogP contribution in [0.2, 0.25) is 0 Å². The predicted octanol–water partition coefficient (Wildman–Crippen LogP) is 4.58. The Morgan fingerprint density at radius 3 is 2.74 bits per heavy atom. The van der Waals surface area contributed by atoms with Crippen LogP contribution in [0.3, 0.4) is 0 Å². The maximum absolute atomic E-state index is 13.2. The molecule has 42 heavy (non-hydrogen) atoms. The summed E-state index contributed by atoms with van der Waals surface area (Å²) in [5.41, 5.74) is 11.2. The maximum atomic E-state index is 13.2. The molecule has 0 spiro atoms. The van der Waals surface area contributed by atoms with E-state index in [1.807, 2.05) is 72.3 Å². The molecule has 5 rings (SSSR count). The van der Waals surface area contributed by atoms with Gasteiger partial charge in [0, 0.05) is 65.0 Å². The number of carbonyl (C=O) groups is 2. The highest BCUT2D eigenvalue weighted by atomic mass is 32.1. The average Bonchev–Trinajstić information content (AvgIpc) is 3.58. The van der Waals surface area contributed by atoms with E-state index >= 15 is 0 Å². The van der Waals surface area contributed by atoms with Crippen LogP contribution in [0, 0.1) is 0 Å². The predicted molar refractivity (Wildman–Crippen MR) is 169 cm³/mol. The molecule has 0 radical (unpaired) electrons. The number of methoxy groups -OCH3 is 1. The molecule has 0 aliphatic heterocycles. The van der Waals surface area contributed by atoms with Crippen LogP contribution >= 0.6 is 11.3 Å². The van der Waals surface area contributed by atoms with Crippen LogP contribution in [-0.2, 0) is 11.8 Å². The van der Waals surface area contributed by atoms with Crippen molar-refractivity contribution in [1.29, 1.82) is 0 Å². The first-order valence-corrected chi connectivity index (χ1v) is 14.2. The molecule has 0 saturated carbocycles. The van der Waals surface area contributed by atoms with E-state index in [4.69, 9.17) is 15.6 Å². The minimum absolute atomic E-state index is 0.0539. The SMILES string of the molecule is COc1cc(-c2csc3c(/C=C/CNCCNCC(=O)O)cnc(N)c23)ccc1NC(=O)c1cc2ccccc2n1C. The number of nitrogens with one attached hydrogen (secondary N) is 3. The van der Waals surface area contributed by atoms with Crippen LogP contribution in [0.4, 0.5) is 11.5 Å². The number of fused-ring (bicyclic) bond motifs is 2. The quantitative estimate of drug-likeness (QED) is 0.134. The van der Waals surface area contributed by atoms with Gasteiger partial charge in [-0.25, -0.2) is 4.98 Å². The average molecular weight is 585 g/mol. The van der Waals surface area contributed by atoms with Gasteiger partial charge in [0.05, 0.1) is 19.3 Å². The van der Waals surface area contributed by atoms with E-state index in [0.29, 0.717) is 42.6 Å². The number of aliphatic carboxylic acids is 1. The summed E-state index contributed by atoms with van der Waals surface area (Å²) in [5.74, 6) is -0.127. The van der Waals surface area contributed by atoms with Gasteiger partial charge in [-0.15, -0.1) is 11.3 Å². The van der Waals surface area contributed by atoms with Crippen molar-refractivity contribution in [3.63, 3.8) is 0 Å². The van der Waals surface area contributed by atoms with Gasteiger partial charge in [0.25, 0.3) is 5.91 Å². The van der Waals surface area contributed by atoms with Gasteiger partial charge >= 0.3 is 5.97 Å². The number of carboxylic acids is 1. The zero-order valence-corrected chi connectivity index (χ0v) is 24.1. The lowest BCUT2D eigenvalue weighted by atomic mass is 10.0. The molecule has 216 valence electrons. The van der Waals surface area contributed by atoms with Crippen LogP contribution in [-0.4, -0.2) is 59.8 Å². The molecular formula is C31H32N6O4S. The van der Waals surface area contributed by atoms with Crippen molar-refractivity contribution in [2.45, 2.75) is 0 Å². The first-order valence-electron chi connectivity index (χ1n) is 13.4. The molecule has 3 heterocycles. The number of aryl methyl sites for hydroxylation is 1. The number of benzene rings is 2. The van der Waals surface area contributed by atoms with Crippen molar-refractivity contribution in [2.24, 2.45) is 7.05 Å². The highest BCUT2D eigenvalue weighted by Crippen LogP contribution is 2.41. The summed E-state index contributed by atoms with van der Waals surface area (Å²) in [6.45, 7) is 1.79. The lowest BCUT2D eigenvalue weighted by Gasteiger charge is -2.13. The summed E-state index contributed by atoms with van der Waals surface area (Å²) in [7, 11) is 3.45. The number of anilines is 2. The van der Waals surface area contributed by atoms with E-state index in [9.17, 15) is 9.59 Å². The molecule has 3 aromatic heterocycles. The number of nitrogens with two attached hydrogens (primary N) is 1. The minimum Gasteiger partial charge on any atom is -0.495 e. The Balaban J connectivity index is 1.33. The lowest BCUT2D eigenvalue weighted by Crippen LogP contribution is -2.30. The Kier molecular flexibility index (Phi) is 8.82. The van der Waals surface area contributed by atoms with Crippen LogP contribution in [0.1, 0.15) is 16.1 Å². The molecule has 0 aliphatic rings. The third-order valence-corrected chi connectivity index (χ3v) is 7.94. The number of rotatable bonds is 12. The molecule has 0 atom stereocenters. The second-order valence-corrected chi connectivity index (χ2v) is 10.5. The summed E-state index contributed by atoms with van der Waals surface area (Å²) in [6.07, 6.45) is 5.76. The van der Waals surface area contributed by atoms with Gasteiger partial charge in [0.1, 0.15) is 17.3 Å². The van der Waals surface area contributed by atoms with Crippen LogP contribution < -0.4 is 26.4 Å². The number of amides is 1. The largest absolute Gasteiger partial charge is 0.495 e. The monoisotopic (exact) mass is 584 g/mol. The fraction of sp³-hybridized carbons (Fsp3) is 0.194. The van der Waals surface area contributed by atoms with Crippen LogP contribution in [0.5, 0.6) is 5.75 Å². The molecule has 0 unspecified atom stereocenters. The van der Waals surface area contributed by atoms with Gasteiger partial charge in [-0.2, -0.15) is 0 Å². The number of pyridine rings is 1. The smallest absolute Gasteiger partial charge is 0.317 e. The van der Waals surface area contributed by atoms with E-state index in [-0.39, 0.29) is 12.5 Å². The van der Waals surface area contributed by atoms with Crippen molar-refractivity contribution in [3.05, 3.63) is 77.4 Å². The summed E-state index contributed by atoms with van der Waals surface area (Å²) in [6, 6.07) is 15.4. The van der Waals surface area contributed by atoms with Crippen molar-refractivity contribution < 1.29 is 19.4 Å². The van der Waals surface area contributed by atoms with Gasteiger partial charge in [-0.3, -0.25) is 9.59 Å². The number of carboxylic acid groups (broad SMARTS) is 1. The third-order valence-electron chi connectivity index (χ3n) is 6.91. The number of para-hydroxylation sites is 1. The summed E-state index contributed by atoms with van der Waals surface area (Å²) in [5, 5.41) is 21.7. The zero-order chi connectivity index (χ0) is 29.6. The normalized spacial score (nSPS) is 11.5. The Hall–Kier alpha value is -4.71. The Morgan fingerprint density at radius 2 is 1.95 bits per heavy atom. The fourth-order valence-corrected chi connectivity index (χ4v) is 5.90. The molecule has 1 amide bonds. The van der Waals surface area contributed by atoms with Crippen molar-refractivity contribution in [1.82, 2.24) is 20.2 Å². The lowest BCUT2D eigenvalue weighted by molar-refractivity contribution is -0.135. The van der Waals surface area contributed by atoms with E-state index < -0.39 is 5.97 Å². The first kappa shape index (κ1) is 28.8. The highest BCUT2D eigenvalue weighted by Gasteiger charge is 2.18. The van der Waals surface area contributed by atoms with Crippen LogP contribution in [0.15, 0.2) is 66.2 Å². The summed E-state index contributed by atoms with van der Waals surface area (Å²) >= 11 is 1.59. The number of nitrogen functional groups attached to an aromatic ring is 1. The molecule has 6 N–H and O–H groups in total. The molecule has 0 saturated heterocycles. The minimum atomic E-state index is -0.872. The van der Waals surface area contributed by atoms with E-state index in [2.05, 4.69) is 26.3 Å². The van der Waals surface area contributed by atoms with E-state index in [1.54, 1.807) is 24.6 Å². The molecule has 0 aliphatic carbocycles. The highest BCUT2D eigenvalue weighted by molar-refractivity contribution is 7.18. The Labute approximate surface area is 246 Å². The molecular weight excluding hydrogens is 552 g/mol. The van der Waals surface area contributed by atoms with Crippen molar-refractivity contribution in [2.75, 3.05) is 44.3 Å².